The number of ether oxygens (including phenoxy) is 2. The van der Waals surface area contributed by atoms with Gasteiger partial charge in [-0.3, -0.25) is 9.59 Å². The van der Waals surface area contributed by atoms with Crippen molar-refractivity contribution in [2.45, 2.75) is 0 Å². The molecule has 5 nitrogen and oxygen atoms in total. The fourth-order valence-corrected chi connectivity index (χ4v) is 2.66. The van der Waals surface area contributed by atoms with E-state index in [1.807, 2.05) is 24.3 Å². The van der Waals surface area contributed by atoms with Crippen molar-refractivity contribution in [1.29, 1.82) is 0 Å². The normalized spacial score (nSPS) is 10.3. The van der Waals surface area contributed by atoms with Crippen molar-refractivity contribution in [3.63, 3.8) is 0 Å². The molecule has 0 N–H and O–H groups in total. The molecule has 0 amide bonds. The van der Waals surface area contributed by atoms with Gasteiger partial charge < -0.3 is 13.9 Å². The number of aldehydes is 2. The fourth-order valence-electron chi connectivity index (χ4n) is 2.66. The fraction of sp³-hybridized carbons (Fsp3) is 0.100. The molecule has 0 aliphatic carbocycles. The molecule has 2 aromatic carbocycles. The molecule has 0 bridgehead atoms. The van der Waals surface area contributed by atoms with Gasteiger partial charge in [0.15, 0.2) is 18.3 Å². The second kappa shape index (κ2) is 7.05. The Bertz CT molecular complexity index is 889. The molecular formula is C20H16O5. The summed E-state index contributed by atoms with van der Waals surface area (Å²) < 4.78 is 16.0. The molecule has 0 aliphatic rings. The van der Waals surface area contributed by atoms with Gasteiger partial charge in [-0.05, 0) is 42.0 Å². The minimum atomic E-state index is 0.00614. The van der Waals surface area contributed by atoms with Crippen LogP contribution in [0.15, 0.2) is 52.9 Å². The Hall–Kier alpha value is -3.34. The standard InChI is InChI=1S/C20H16O5/c1-23-15-7-3-13(4-8-15)19-17(11-21)18(12-22)25-20(19)14-5-9-16(24-2)10-6-14/h3-12H,1-2H3. The van der Waals surface area contributed by atoms with Gasteiger partial charge in [0.25, 0.3) is 0 Å². The molecule has 0 atom stereocenters. The first-order valence-corrected chi connectivity index (χ1v) is 7.57. The predicted molar refractivity (Wildman–Crippen MR) is 93.5 cm³/mol. The first-order valence-electron chi connectivity index (χ1n) is 7.57. The minimum absolute atomic E-state index is 0.00614. The zero-order chi connectivity index (χ0) is 17.8. The van der Waals surface area contributed by atoms with Crippen LogP contribution >= 0.6 is 0 Å². The van der Waals surface area contributed by atoms with Crippen LogP contribution in [0.4, 0.5) is 0 Å². The summed E-state index contributed by atoms with van der Waals surface area (Å²) in [5, 5.41) is 0. The molecule has 1 heterocycles. The van der Waals surface area contributed by atoms with Crippen LogP contribution in [-0.2, 0) is 0 Å². The lowest BCUT2D eigenvalue weighted by Gasteiger charge is -2.06. The van der Waals surface area contributed by atoms with Crippen molar-refractivity contribution in [3.05, 3.63) is 59.9 Å². The number of hydrogen-bond acceptors (Lipinski definition) is 5. The van der Waals surface area contributed by atoms with Crippen LogP contribution in [0.1, 0.15) is 20.9 Å². The predicted octanol–water partition coefficient (Wildman–Crippen LogP) is 4.26. The van der Waals surface area contributed by atoms with Crippen LogP contribution in [0.25, 0.3) is 22.5 Å². The monoisotopic (exact) mass is 336 g/mol. The summed E-state index contributed by atoms with van der Waals surface area (Å²) in [6, 6.07) is 14.4. The van der Waals surface area contributed by atoms with Gasteiger partial charge in [0.05, 0.1) is 19.8 Å². The van der Waals surface area contributed by atoms with Crippen LogP contribution in [0.3, 0.4) is 0 Å². The Labute approximate surface area is 144 Å². The highest BCUT2D eigenvalue weighted by molar-refractivity contribution is 6.00. The topological polar surface area (TPSA) is 65.7 Å². The van der Waals surface area contributed by atoms with E-state index in [4.69, 9.17) is 13.9 Å². The van der Waals surface area contributed by atoms with E-state index in [0.717, 1.165) is 11.1 Å². The molecule has 0 aliphatic heterocycles. The van der Waals surface area contributed by atoms with Gasteiger partial charge in [0, 0.05) is 11.1 Å². The van der Waals surface area contributed by atoms with Crippen molar-refractivity contribution < 1.29 is 23.5 Å². The molecule has 1 aromatic heterocycles. The largest absolute Gasteiger partial charge is 0.497 e. The molecule has 3 rings (SSSR count). The van der Waals surface area contributed by atoms with Crippen molar-refractivity contribution >= 4 is 12.6 Å². The maximum atomic E-state index is 11.6. The number of carbonyl (C=O) groups is 2. The lowest BCUT2D eigenvalue weighted by molar-refractivity contribution is 0.107. The van der Waals surface area contributed by atoms with Gasteiger partial charge >= 0.3 is 0 Å². The SMILES string of the molecule is COc1ccc(-c2oc(C=O)c(C=O)c2-c2ccc(OC)cc2)cc1. The van der Waals surface area contributed by atoms with Crippen molar-refractivity contribution in [1.82, 2.24) is 0 Å². The zero-order valence-corrected chi connectivity index (χ0v) is 13.8. The molecule has 25 heavy (non-hydrogen) atoms. The average molecular weight is 336 g/mol. The third kappa shape index (κ3) is 3.04. The minimum Gasteiger partial charge on any atom is -0.497 e. The quantitative estimate of drug-likeness (QED) is 0.629. The highest BCUT2D eigenvalue weighted by Gasteiger charge is 2.22. The smallest absolute Gasteiger partial charge is 0.186 e. The molecule has 5 heteroatoms. The van der Waals surface area contributed by atoms with E-state index < -0.39 is 0 Å². The summed E-state index contributed by atoms with van der Waals surface area (Å²) in [4.78, 5) is 22.9. The van der Waals surface area contributed by atoms with Crippen LogP contribution in [-0.4, -0.2) is 26.8 Å². The Morgan fingerprint density at radius 1 is 0.760 bits per heavy atom. The third-order valence-electron chi connectivity index (χ3n) is 3.93. The number of hydrogen-bond donors (Lipinski definition) is 0. The van der Waals surface area contributed by atoms with E-state index in [2.05, 4.69) is 0 Å². The summed E-state index contributed by atoms with van der Waals surface area (Å²) in [5.41, 5.74) is 2.30. The molecule has 0 fully saturated rings. The molecule has 0 unspecified atom stereocenters. The summed E-state index contributed by atoms with van der Waals surface area (Å²) in [7, 11) is 3.16. The van der Waals surface area contributed by atoms with Crippen LogP contribution in [0.5, 0.6) is 11.5 Å². The molecule has 0 spiro atoms. The number of rotatable bonds is 6. The van der Waals surface area contributed by atoms with Crippen LogP contribution in [0.2, 0.25) is 0 Å². The maximum Gasteiger partial charge on any atom is 0.186 e. The lowest BCUT2D eigenvalue weighted by Crippen LogP contribution is -1.89. The van der Waals surface area contributed by atoms with Gasteiger partial charge in [-0.1, -0.05) is 12.1 Å². The second-order valence-corrected chi connectivity index (χ2v) is 5.28. The number of benzene rings is 2. The van der Waals surface area contributed by atoms with Gasteiger partial charge in [-0.15, -0.1) is 0 Å². The first kappa shape index (κ1) is 16.5. The van der Waals surface area contributed by atoms with Crippen molar-refractivity contribution in [2.24, 2.45) is 0 Å². The number of carbonyl (C=O) groups excluding carboxylic acids is 2. The highest BCUT2D eigenvalue weighted by atomic mass is 16.5. The molecule has 0 saturated heterocycles. The first-order chi connectivity index (χ1) is 12.2. The molecule has 126 valence electrons. The molecule has 0 radical (unpaired) electrons. The van der Waals surface area contributed by atoms with E-state index >= 15 is 0 Å². The van der Waals surface area contributed by atoms with E-state index in [-0.39, 0.29) is 11.3 Å². The van der Waals surface area contributed by atoms with E-state index in [9.17, 15) is 9.59 Å². The lowest BCUT2D eigenvalue weighted by atomic mass is 9.97. The summed E-state index contributed by atoms with van der Waals surface area (Å²) in [6.07, 6.45) is 1.18. The van der Waals surface area contributed by atoms with Gasteiger partial charge in [0.2, 0.25) is 0 Å². The second-order valence-electron chi connectivity index (χ2n) is 5.28. The van der Waals surface area contributed by atoms with Gasteiger partial charge in [0.1, 0.15) is 17.3 Å². The summed E-state index contributed by atoms with van der Waals surface area (Å²) in [6.45, 7) is 0. The average Bonchev–Trinajstić information content (AvgIpc) is 3.06. The third-order valence-corrected chi connectivity index (χ3v) is 3.93. The highest BCUT2D eigenvalue weighted by Crippen LogP contribution is 2.39. The van der Waals surface area contributed by atoms with Crippen LogP contribution in [0, 0.1) is 0 Å². The maximum absolute atomic E-state index is 11.6. The Morgan fingerprint density at radius 2 is 1.28 bits per heavy atom. The molecule has 3 aromatic rings. The Balaban J connectivity index is 2.21. The van der Waals surface area contributed by atoms with Crippen molar-refractivity contribution in [2.75, 3.05) is 14.2 Å². The number of furan rings is 1. The molecule has 0 saturated carbocycles. The van der Waals surface area contributed by atoms with E-state index in [1.165, 1.54) is 0 Å². The Morgan fingerprint density at radius 3 is 1.72 bits per heavy atom. The van der Waals surface area contributed by atoms with Gasteiger partial charge in [-0.25, -0.2) is 0 Å². The van der Waals surface area contributed by atoms with Crippen LogP contribution < -0.4 is 9.47 Å². The van der Waals surface area contributed by atoms with Crippen molar-refractivity contribution in [3.8, 4) is 33.9 Å². The molecular weight excluding hydrogens is 320 g/mol. The van der Waals surface area contributed by atoms with E-state index in [0.29, 0.717) is 35.4 Å². The zero-order valence-electron chi connectivity index (χ0n) is 13.8. The van der Waals surface area contributed by atoms with E-state index in [1.54, 1.807) is 38.5 Å². The summed E-state index contributed by atoms with van der Waals surface area (Å²) >= 11 is 0. The number of methoxy groups -OCH3 is 2. The summed E-state index contributed by atoms with van der Waals surface area (Å²) in [5.74, 6) is 1.86. The Kier molecular flexibility index (Phi) is 4.66. The van der Waals surface area contributed by atoms with Gasteiger partial charge in [-0.2, -0.15) is 0 Å².